The number of hydrogen-bond acceptors (Lipinski definition) is 2. The second-order valence-corrected chi connectivity index (χ2v) is 4.47. The van der Waals surface area contributed by atoms with E-state index in [1.165, 1.54) is 0 Å². The Kier molecular flexibility index (Phi) is 3.95. The third kappa shape index (κ3) is 2.87. The summed E-state index contributed by atoms with van der Waals surface area (Å²) in [6.07, 6.45) is 0.339. The minimum Gasteiger partial charge on any atom is -0.394 e. The van der Waals surface area contributed by atoms with E-state index in [2.05, 4.69) is 5.32 Å². The van der Waals surface area contributed by atoms with E-state index >= 15 is 0 Å². The van der Waals surface area contributed by atoms with Crippen LogP contribution in [0.2, 0.25) is 0 Å². The van der Waals surface area contributed by atoms with Gasteiger partial charge in [-0.05, 0) is 23.3 Å². The second-order valence-electron chi connectivity index (χ2n) is 4.47. The molecule has 2 aromatic carbocycles. The molecule has 3 nitrogen and oxygen atoms in total. The van der Waals surface area contributed by atoms with Gasteiger partial charge in [-0.25, -0.2) is 0 Å². The Morgan fingerprint density at radius 1 is 1.22 bits per heavy atom. The zero-order valence-electron chi connectivity index (χ0n) is 10.4. The minimum absolute atomic E-state index is 0.0404. The van der Waals surface area contributed by atoms with E-state index in [1.807, 2.05) is 42.5 Å². The number of carbonyl (C=O) groups excluding carboxylic acids is 1. The molecule has 0 radical (unpaired) electrons. The number of fused-ring (bicyclic) bond motifs is 1. The summed E-state index contributed by atoms with van der Waals surface area (Å²) in [5, 5.41) is 13.9. The summed E-state index contributed by atoms with van der Waals surface area (Å²) < 4.78 is 0. The zero-order chi connectivity index (χ0) is 13.0. The molecular formula is C15H17NO2. The third-order valence-electron chi connectivity index (χ3n) is 2.91. The molecule has 2 rings (SSSR count). The summed E-state index contributed by atoms with van der Waals surface area (Å²) in [5.41, 5.74) is 1.01. The Hall–Kier alpha value is -1.87. The van der Waals surface area contributed by atoms with Gasteiger partial charge in [-0.3, -0.25) is 4.79 Å². The Bertz CT molecular complexity index is 546. The van der Waals surface area contributed by atoms with Crippen LogP contribution in [0.3, 0.4) is 0 Å². The van der Waals surface area contributed by atoms with Crippen molar-refractivity contribution in [2.75, 3.05) is 6.61 Å². The van der Waals surface area contributed by atoms with Gasteiger partial charge in [0.2, 0.25) is 5.91 Å². The van der Waals surface area contributed by atoms with Crippen LogP contribution in [0.5, 0.6) is 0 Å². The van der Waals surface area contributed by atoms with E-state index < -0.39 is 0 Å². The van der Waals surface area contributed by atoms with E-state index in [0.29, 0.717) is 6.42 Å². The van der Waals surface area contributed by atoms with Crippen LogP contribution >= 0.6 is 0 Å². The summed E-state index contributed by atoms with van der Waals surface area (Å²) in [6.45, 7) is 1.74. The highest BCUT2D eigenvalue weighted by molar-refractivity contribution is 5.90. The quantitative estimate of drug-likeness (QED) is 0.861. The fourth-order valence-corrected chi connectivity index (χ4v) is 1.99. The van der Waals surface area contributed by atoms with Crippen molar-refractivity contribution in [2.24, 2.45) is 0 Å². The molecule has 1 amide bonds. The summed E-state index contributed by atoms with van der Waals surface area (Å²) in [6, 6.07) is 13.8. The molecule has 0 spiro atoms. The first-order valence-corrected chi connectivity index (χ1v) is 6.07. The standard InChI is InChI=1S/C15H17NO2/c1-11(10-17)16-15(18)9-13-7-4-6-12-5-2-3-8-14(12)13/h2-8,11,17H,9-10H2,1H3,(H,16,18). The molecule has 0 aliphatic heterocycles. The van der Waals surface area contributed by atoms with E-state index in [1.54, 1.807) is 6.92 Å². The van der Waals surface area contributed by atoms with Crippen LogP contribution < -0.4 is 5.32 Å². The Labute approximate surface area is 106 Å². The first kappa shape index (κ1) is 12.6. The van der Waals surface area contributed by atoms with E-state index in [-0.39, 0.29) is 18.6 Å². The van der Waals surface area contributed by atoms with Crippen LogP contribution in [-0.4, -0.2) is 23.7 Å². The molecule has 0 aromatic heterocycles. The van der Waals surface area contributed by atoms with Gasteiger partial charge in [-0.1, -0.05) is 42.5 Å². The lowest BCUT2D eigenvalue weighted by Gasteiger charge is -2.11. The predicted octanol–water partition coefficient (Wildman–Crippen LogP) is 1.88. The van der Waals surface area contributed by atoms with Crippen molar-refractivity contribution >= 4 is 16.7 Å². The minimum atomic E-state index is -0.201. The average Bonchev–Trinajstić information content (AvgIpc) is 2.39. The number of aliphatic hydroxyl groups excluding tert-OH is 1. The number of rotatable bonds is 4. The van der Waals surface area contributed by atoms with Gasteiger partial charge in [0, 0.05) is 6.04 Å². The van der Waals surface area contributed by atoms with E-state index in [4.69, 9.17) is 5.11 Å². The summed E-state index contributed by atoms with van der Waals surface area (Å²) in [7, 11) is 0. The van der Waals surface area contributed by atoms with Gasteiger partial charge in [0.1, 0.15) is 0 Å². The average molecular weight is 243 g/mol. The highest BCUT2D eigenvalue weighted by Gasteiger charge is 2.09. The van der Waals surface area contributed by atoms with Crippen LogP contribution in [0.4, 0.5) is 0 Å². The van der Waals surface area contributed by atoms with Crippen molar-refractivity contribution in [3.05, 3.63) is 48.0 Å². The summed E-state index contributed by atoms with van der Waals surface area (Å²) in [5.74, 6) is -0.0621. The van der Waals surface area contributed by atoms with E-state index in [9.17, 15) is 4.79 Å². The fraction of sp³-hybridized carbons (Fsp3) is 0.267. The number of amides is 1. The predicted molar refractivity (Wildman–Crippen MR) is 72.3 cm³/mol. The largest absolute Gasteiger partial charge is 0.394 e. The van der Waals surface area contributed by atoms with Crippen LogP contribution in [-0.2, 0) is 11.2 Å². The van der Waals surface area contributed by atoms with Gasteiger partial charge < -0.3 is 10.4 Å². The number of carbonyl (C=O) groups is 1. The Morgan fingerprint density at radius 3 is 2.72 bits per heavy atom. The molecule has 0 aliphatic carbocycles. The number of benzene rings is 2. The number of aliphatic hydroxyl groups is 1. The maximum Gasteiger partial charge on any atom is 0.224 e. The zero-order valence-corrected chi connectivity index (χ0v) is 10.4. The highest BCUT2D eigenvalue weighted by Crippen LogP contribution is 2.18. The van der Waals surface area contributed by atoms with Crippen molar-refractivity contribution in [2.45, 2.75) is 19.4 Å². The number of nitrogens with one attached hydrogen (secondary N) is 1. The molecule has 3 heteroatoms. The molecule has 0 saturated carbocycles. The molecule has 18 heavy (non-hydrogen) atoms. The molecule has 0 fully saturated rings. The number of hydrogen-bond donors (Lipinski definition) is 2. The van der Waals surface area contributed by atoms with Crippen molar-refractivity contribution < 1.29 is 9.90 Å². The van der Waals surface area contributed by atoms with Gasteiger partial charge in [-0.2, -0.15) is 0 Å². The SMILES string of the molecule is CC(CO)NC(=O)Cc1cccc2ccccc12. The van der Waals surface area contributed by atoms with Crippen molar-refractivity contribution in [1.29, 1.82) is 0 Å². The fourth-order valence-electron chi connectivity index (χ4n) is 1.99. The van der Waals surface area contributed by atoms with Crippen molar-refractivity contribution in [3.63, 3.8) is 0 Å². The van der Waals surface area contributed by atoms with Gasteiger partial charge in [0.25, 0.3) is 0 Å². The normalized spacial score (nSPS) is 12.3. The Balaban J connectivity index is 2.19. The van der Waals surface area contributed by atoms with Gasteiger partial charge >= 0.3 is 0 Å². The molecule has 0 saturated heterocycles. The smallest absolute Gasteiger partial charge is 0.224 e. The monoisotopic (exact) mass is 243 g/mol. The topological polar surface area (TPSA) is 49.3 Å². The van der Waals surface area contributed by atoms with E-state index in [0.717, 1.165) is 16.3 Å². The van der Waals surface area contributed by atoms with Gasteiger partial charge in [0.05, 0.1) is 13.0 Å². The lowest BCUT2D eigenvalue weighted by atomic mass is 10.0. The lowest BCUT2D eigenvalue weighted by Crippen LogP contribution is -2.36. The van der Waals surface area contributed by atoms with Crippen LogP contribution in [0.15, 0.2) is 42.5 Å². The first-order chi connectivity index (χ1) is 8.70. The van der Waals surface area contributed by atoms with Crippen molar-refractivity contribution in [1.82, 2.24) is 5.32 Å². The highest BCUT2D eigenvalue weighted by atomic mass is 16.3. The molecule has 1 unspecified atom stereocenters. The van der Waals surface area contributed by atoms with Gasteiger partial charge in [0.15, 0.2) is 0 Å². The summed E-state index contributed by atoms with van der Waals surface area (Å²) >= 11 is 0. The molecule has 0 bridgehead atoms. The molecule has 2 N–H and O–H groups in total. The molecule has 0 aliphatic rings. The van der Waals surface area contributed by atoms with Crippen LogP contribution in [0.1, 0.15) is 12.5 Å². The maximum atomic E-state index is 11.8. The second kappa shape index (κ2) is 5.65. The van der Waals surface area contributed by atoms with Crippen LogP contribution in [0.25, 0.3) is 10.8 Å². The molecular weight excluding hydrogens is 226 g/mol. The molecule has 94 valence electrons. The molecule has 2 aromatic rings. The summed E-state index contributed by atoms with van der Waals surface area (Å²) in [4.78, 5) is 11.8. The van der Waals surface area contributed by atoms with Gasteiger partial charge in [-0.15, -0.1) is 0 Å². The maximum absolute atomic E-state index is 11.8. The lowest BCUT2D eigenvalue weighted by molar-refractivity contribution is -0.121. The Morgan fingerprint density at radius 2 is 1.94 bits per heavy atom. The molecule has 0 heterocycles. The first-order valence-electron chi connectivity index (χ1n) is 6.07. The van der Waals surface area contributed by atoms with Crippen LogP contribution in [0, 0.1) is 0 Å². The van der Waals surface area contributed by atoms with Crippen molar-refractivity contribution in [3.8, 4) is 0 Å². The molecule has 1 atom stereocenters. The third-order valence-corrected chi connectivity index (χ3v) is 2.91.